The number of amides is 1. The Balaban J connectivity index is 2.15. The zero-order chi connectivity index (χ0) is 13.8. The number of hydrogen-bond donors (Lipinski definition) is 2. The van der Waals surface area contributed by atoms with Crippen LogP contribution in [0.3, 0.4) is 0 Å². The first-order chi connectivity index (χ1) is 9.09. The number of aromatic nitrogens is 1. The second kappa shape index (κ2) is 6.02. The zero-order valence-electron chi connectivity index (χ0n) is 11.5. The van der Waals surface area contributed by atoms with E-state index in [0.29, 0.717) is 0 Å². The molecular formula is C14H21N3O2. The van der Waals surface area contributed by atoms with Crippen LogP contribution in [0.1, 0.15) is 35.3 Å². The molecular weight excluding hydrogens is 242 g/mol. The number of carbonyl (C=O) groups excluding carboxylic acids is 1. The SMILES string of the molecule is Cc1ccc(C(=O)N(C)C2CCCNCC2)c(=O)[nH]1. The summed E-state index contributed by atoms with van der Waals surface area (Å²) >= 11 is 0. The highest BCUT2D eigenvalue weighted by molar-refractivity contribution is 5.93. The standard InChI is InChI=1S/C14H21N3O2/c1-10-5-6-12(13(18)16-10)14(19)17(2)11-4-3-8-15-9-7-11/h5-6,11,15H,3-4,7-9H2,1-2H3,(H,16,18). The molecule has 0 spiro atoms. The van der Waals surface area contributed by atoms with Gasteiger partial charge >= 0.3 is 0 Å². The van der Waals surface area contributed by atoms with Crippen LogP contribution >= 0.6 is 0 Å². The third-order valence-corrected chi connectivity index (χ3v) is 3.70. The molecule has 2 heterocycles. The van der Waals surface area contributed by atoms with E-state index < -0.39 is 0 Å². The van der Waals surface area contributed by atoms with E-state index in [0.717, 1.165) is 38.0 Å². The Morgan fingerprint density at radius 2 is 2.11 bits per heavy atom. The topological polar surface area (TPSA) is 65.2 Å². The second-order valence-corrected chi connectivity index (χ2v) is 5.13. The Morgan fingerprint density at radius 1 is 1.32 bits per heavy atom. The van der Waals surface area contributed by atoms with Crippen molar-refractivity contribution in [2.45, 2.75) is 32.2 Å². The molecule has 19 heavy (non-hydrogen) atoms. The number of carbonyl (C=O) groups is 1. The van der Waals surface area contributed by atoms with Gasteiger partial charge in [0, 0.05) is 18.8 Å². The van der Waals surface area contributed by atoms with E-state index in [4.69, 9.17) is 0 Å². The Hall–Kier alpha value is -1.62. The largest absolute Gasteiger partial charge is 0.339 e. The van der Waals surface area contributed by atoms with Crippen molar-refractivity contribution in [3.05, 3.63) is 33.7 Å². The van der Waals surface area contributed by atoms with E-state index in [-0.39, 0.29) is 23.1 Å². The summed E-state index contributed by atoms with van der Waals surface area (Å²) in [5.41, 5.74) is 0.691. The first kappa shape index (κ1) is 13.8. The second-order valence-electron chi connectivity index (χ2n) is 5.13. The molecule has 0 bridgehead atoms. The van der Waals surface area contributed by atoms with Crippen LogP contribution in [0.5, 0.6) is 0 Å². The molecule has 1 aromatic heterocycles. The van der Waals surface area contributed by atoms with Crippen LogP contribution in [-0.4, -0.2) is 42.0 Å². The Labute approximate surface area is 113 Å². The average Bonchev–Trinajstić information content (AvgIpc) is 2.66. The number of nitrogens with zero attached hydrogens (tertiary/aromatic N) is 1. The lowest BCUT2D eigenvalue weighted by atomic mass is 10.1. The lowest BCUT2D eigenvalue weighted by molar-refractivity contribution is 0.0718. The molecule has 1 fully saturated rings. The van der Waals surface area contributed by atoms with Crippen LogP contribution in [-0.2, 0) is 0 Å². The number of H-pyrrole nitrogens is 1. The number of hydrogen-bond acceptors (Lipinski definition) is 3. The Bertz CT molecular complexity index is 502. The van der Waals surface area contributed by atoms with Crippen LogP contribution in [0, 0.1) is 6.92 Å². The molecule has 1 unspecified atom stereocenters. The third-order valence-electron chi connectivity index (χ3n) is 3.70. The van der Waals surface area contributed by atoms with Crippen molar-refractivity contribution in [1.82, 2.24) is 15.2 Å². The van der Waals surface area contributed by atoms with Crippen molar-refractivity contribution < 1.29 is 4.79 Å². The summed E-state index contributed by atoms with van der Waals surface area (Å²) in [4.78, 5) is 28.6. The Kier molecular flexibility index (Phi) is 4.37. The zero-order valence-corrected chi connectivity index (χ0v) is 11.5. The highest BCUT2D eigenvalue weighted by atomic mass is 16.2. The molecule has 5 nitrogen and oxygen atoms in total. The molecule has 1 aliphatic heterocycles. The summed E-state index contributed by atoms with van der Waals surface area (Å²) in [6, 6.07) is 3.59. The van der Waals surface area contributed by atoms with Crippen LogP contribution in [0.4, 0.5) is 0 Å². The van der Waals surface area contributed by atoms with Gasteiger partial charge in [-0.15, -0.1) is 0 Å². The maximum Gasteiger partial charge on any atom is 0.260 e. The fraction of sp³-hybridized carbons (Fsp3) is 0.571. The van der Waals surface area contributed by atoms with Crippen molar-refractivity contribution in [3.8, 4) is 0 Å². The van der Waals surface area contributed by atoms with Crippen LogP contribution in [0.15, 0.2) is 16.9 Å². The quantitative estimate of drug-likeness (QED) is 0.833. The number of aryl methyl sites for hydroxylation is 1. The maximum atomic E-state index is 12.4. The van der Waals surface area contributed by atoms with Gasteiger partial charge in [-0.2, -0.15) is 0 Å². The fourth-order valence-electron chi connectivity index (χ4n) is 2.48. The molecule has 1 aliphatic rings. The molecule has 1 saturated heterocycles. The fourth-order valence-corrected chi connectivity index (χ4v) is 2.48. The van der Waals surface area contributed by atoms with Crippen LogP contribution in [0.2, 0.25) is 0 Å². The summed E-state index contributed by atoms with van der Waals surface area (Å²) in [6.45, 7) is 3.73. The lowest BCUT2D eigenvalue weighted by Gasteiger charge is -2.26. The molecule has 0 aromatic carbocycles. The minimum Gasteiger partial charge on any atom is -0.339 e. The van der Waals surface area contributed by atoms with E-state index in [1.165, 1.54) is 0 Å². The molecule has 0 saturated carbocycles. The summed E-state index contributed by atoms with van der Waals surface area (Å²) in [5.74, 6) is -0.187. The first-order valence-corrected chi connectivity index (χ1v) is 6.77. The molecule has 1 aromatic rings. The lowest BCUT2D eigenvalue weighted by Crippen LogP contribution is -2.39. The predicted octanol–water partition coefficient (Wildman–Crippen LogP) is 0.897. The Morgan fingerprint density at radius 3 is 2.84 bits per heavy atom. The summed E-state index contributed by atoms with van der Waals surface area (Å²) in [7, 11) is 1.79. The number of pyridine rings is 1. The van der Waals surface area contributed by atoms with Gasteiger partial charge in [0.1, 0.15) is 5.56 Å². The highest BCUT2D eigenvalue weighted by Gasteiger charge is 2.23. The van der Waals surface area contributed by atoms with Gasteiger partial charge in [0.2, 0.25) is 0 Å². The van der Waals surface area contributed by atoms with Crippen LogP contribution < -0.4 is 10.9 Å². The minimum atomic E-state index is -0.302. The minimum absolute atomic E-state index is 0.187. The van der Waals surface area contributed by atoms with Crippen molar-refractivity contribution in [2.75, 3.05) is 20.1 Å². The van der Waals surface area contributed by atoms with E-state index in [9.17, 15) is 9.59 Å². The molecule has 2 N–H and O–H groups in total. The molecule has 1 atom stereocenters. The molecule has 0 radical (unpaired) electrons. The van der Waals surface area contributed by atoms with Gasteiger partial charge in [-0.05, 0) is 51.4 Å². The van der Waals surface area contributed by atoms with E-state index in [1.807, 2.05) is 0 Å². The molecule has 104 valence electrons. The third kappa shape index (κ3) is 3.23. The summed E-state index contributed by atoms with van der Waals surface area (Å²) in [6.07, 6.45) is 2.98. The normalized spacial score (nSPS) is 19.8. The van der Waals surface area contributed by atoms with Gasteiger partial charge in [-0.1, -0.05) is 0 Å². The highest BCUT2D eigenvalue weighted by Crippen LogP contribution is 2.13. The van der Waals surface area contributed by atoms with Crippen LogP contribution in [0.25, 0.3) is 0 Å². The first-order valence-electron chi connectivity index (χ1n) is 6.77. The average molecular weight is 263 g/mol. The van der Waals surface area contributed by atoms with Crippen molar-refractivity contribution >= 4 is 5.91 Å². The van der Waals surface area contributed by atoms with Crippen molar-refractivity contribution in [3.63, 3.8) is 0 Å². The van der Waals surface area contributed by atoms with Gasteiger partial charge in [0.25, 0.3) is 11.5 Å². The smallest absolute Gasteiger partial charge is 0.260 e. The molecule has 1 amide bonds. The monoisotopic (exact) mass is 263 g/mol. The van der Waals surface area contributed by atoms with Gasteiger partial charge < -0.3 is 15.2 Å². The number of rotatable bonds is 2. The van der Waals surface area contributed by atoms with Gasteiger partial charge in [-0.25, -0.2) is 0 Å². The van der Waals surface area contributed by atoms with Gasteiger partial charge in [-0.3, -0.25) is 9.59 Å². The number of nitrogens with one attached hydrogen (secondary N) is 2. The number of aromatic amines is 1. The summed E-state index contributed by atoms with van der Waals surface area (Å²) in [5, 5.41) is 3.32. The van der Waals surface area contributed by atoms with Crippen molar-refractivity contribution in [1.29, 1.82) is 0 Å². The van der Waals surface area contributed by atoms with Gasteiger partial charge in [0.05, 0.1) is 0 Å². The summed E-state index contributed by atoms with van der Waals surface area (Å²) < 4.78 is 0. The molecule has 0 aliphatic carbocycles. The van der Waals surface area contributed by atoms with E-state index in [2.05, 4.69) is 10.3 Å². The van der Waals surface area contributed by atoms with E-state index in [1.54, 1.807) is 31.0 Å². The maximum absolute atomic E-state index is 12.4. The predicted molar refractivity (Wildman–Crippen MR) is 74.4 cm³/mol. The van der Waals surface area contributed by atoms with E-state index >= 15 is 0 Å². The van der Waals surface area contributed by atoms with Crippen molar-refractivity contribution in [2.24, 2.45) is 0 Å². The molecule has 5 heteroatoms. The van der Waals surface area contributed by atoms with Gasteiger partial charge in [0.15, 0.2) is 0 Å². The molecule has 2 rings (SSSR count).